The van der Waals surface area contributed by atoms with Crippen LogP contribution in [0, 0.1) is 5.82 Å². The lowest BCUT2D eigenvalue weighted by atomic mass is 9.94. The summed E-state index contributed by atoms with van der Waals surface area (Å²) in [6.45, 7) is 7.20. The second kappa shape index (κ2) is 7.45. The van der Waals surface area contributed by atoms with E-state index in [0.29, 0.717) is 22.8 Å². The average molecular weight is 374 g/mol. The van der Waals surface area contributed by atoms with Gasteiger partial charge in [0.1, 0.15) is 12.4 Å². The molecule has 7 heteroatoms. The van der Waals surface area contributed by atoms with Crippen LogP contribution in [0.5, 0.6) is 0 Å². The second-order valence-corrected chi connectivity index (χ2v) is 7.13. The standard InChI is InChI=1S/C19H19FN2O3S/c1-4-9-25-18(24)15-11(3)21-19-22(17(23)14(5-2)26-19)16(15)12-7-6-8-13(20)10-12/h4,6-8,10,14,16H,1,5,9H2,2-3H3/t14-,16+/m1/s1. The van der Waals surface area contributed by atoms with Gasteiger partial charge in [-0.25, -0.2) is 14.2 Å². The molecule has 2 aliphatic heterocycles. The SMILES string of the molecule is C=CCOC(=O)C1=C(C)N=C2S[C@H](CC)C(=O)N2[C@H]1c1cccc(F)c1. The van der Waals surface area contributed by atoms with E-state index >= 15 is 0 Å². The molecule has 1 aromatic rings. The van der Waals surface area contributed by atoms with Crippen molar-refractivity contribution in [2.24, 2.45) is 4.99 Å². The molecule has 0 unspecified atom stereocenters. The third-order valence-electron chi connectivity index (χ3n) is 4.24. The molecular formula is C19H19FN2O3S. The lowest BCUT2D eigenvalue weighted by Crippen LogP contribution is -2.40. The monoisotopic (exact) mass is 374 g/mol. The summed E-state index contributed by atoms with van der Waals surface area (Å²) in [5.74, 6) is -1.15. The third kappa shape index (κ3) is 3.19. The molecule has 5 nitrogen and oxygen atoms in total. The Morgan fingerprint density at radius 1 is 1.50 bits per heavy atom. The first kappa shape index (κ1) is 18.4. The number of rotatable bonds is 5. The zero-order valence-electron chi connectivity index (χ0n) is 14.6. The van der Waals surface area contributed by atoms with Gasteiger partial charge in [-0.3, -0.25) is 9.69 Å². The van der Waals surface area contributed by atoms with Gasteiger partial charge in [-0.15, -0.1) is 0 Å². The van der Waals surface area contributed by atoms with Gasteiger partial charge in [-0.2, -0.15) is 0 Å². The zero-order valence-corrected chi connectivity index (χ0v) is 15.4. The van der Waals surface area contributed by atoms with E-state index in [0.717, 1.165) is 0 Å². The summed E-state index contributed by atoms with van der Waals surface area (Å²) in [5, 5.41) is 0.273. The highest BCUT2D eigenvalue weighted by Gasteiger charge is 2.47. The third-order valence-corrected chi connectivity index (χ3v) is 5.56. The van der Waals surface area contributed by atoms with Gasteiger partial charge in [0, 0.05) is 0 Å². The molecule has 2 heterocycles. The van der Waals surface area contributed by atoms with Crippen LogP contribution >= 0.6 is 11.8 Å². The van der Waals surface area contributed by atoms with Crippen molar-refractivity contribution in [3.63, 3.8) is 0 Å². The molecule has 0 saturated carbocycles. The molecule has 0 spiro atoms. The minimum Gasteiger partial charge on any atom is -0.458 e. The van der Waals surface area contributed by atoms with Gasteiger partial charge in [0.2, 0.25) is 5.91 Å². The van der Waals surface area contributed by atoms with E-state index in [1.165, 1.54) is 34.9 Å². The maximum atomic E-state index is 13.8. The number of allylic oxidation sites excluding steroid dienone is 1. The summed E-state index contributed by atoms with van der Waals surface area (Å²) < 4.78 is 19.0. The molecule has 0 N–H and O–H groups in total. The molecule has 1 aromatic carbocycles. The van der Waals surface area contributed by atoms with Crippen molar-refractivity contribution in [1.29, 1.82) is 0 Å². The van der Waals surface area contributed by atoms with E-state index in [1.807, 2.05) is 6.92 Å². The summed E-state index contributed by atoms with van der Waals surface area (Å²) in [5.41, 5.74) is 1.22. The van der Waals surface area contributed by atoms with Crippen LogP contribution in [-0.2, 0) is 14.3 Å². The van der Waals surface area contributed by atoms with Crippen LogP contribution in [0.1, 0.15) is 31.9 Å². The first-order valence-electron chi connectivity index (χ1n) is 8.30. The number of amidine groups is 1. The Kier molecular flexibility index (Phi) is 5.27. The lowest BCUT2D eigenvalue weighted by molar-refractivity contribution is -0.139. The van der Waals surface area contributed by atoms with Crippen molar-refractivity contribution >= 4 is 28.8 Å². The number of carbonyl (C=O) groups excluding carboxylic acids is 2. The number of esters is 1. The maximum Gasteiger partial charge on any atom is 0.338 e. The van der Waals surface area contributed by atoms with Crippen LogP contribution < -0.4 is 0 Å². The molecule has 1 fully saturated rings. The highest BCUT2D eigenvalue weighted by Crippen LogP contribution is 2.44. The number of hydrogen-bond acceptors (Lipinski definition) is 5. The van der Waals surface area contributed by atoms with E-state index in [2.05, 4.69) is 11.6 Å². The van der Waals surface area contributed by atoms with E-state index in [4.69, 9.17) is 4.74 Å². The number of nitrogens with zero attached hydrogens (tertiary/aromatic N) is 2. The molecule has 136 valence electrons. The minimum atomic E-state index is -0.757. The molecule has 0 aliphatic carbocycles. The van der Waals surface area contributed by atoms with Crippen molar-refractivity contribution in [1.82, 2.24) is 4.90 Å². The number of halogens is 1. The van der Waals surface area contributed by atoms with Gasteiger partial charge in [0.25, 0.3) is 0 Å². The number of aliphatic imine (C=N–C) groups is 1. The molecular weight excluding hydrogens is 355 g/mol. The van der Waals surface area contributed by atoms with Gasteiger partial charge in [-0.05, 0) is 31.0 Å². The summed E-state index contributed by atoms with van der Waals surface area (Å²) in [6.07, 6.45) is 2.11. The summed E-state index contributed by atoms with van der Waals surface area (Å²) in [7, 11) is 0. The zero-order chi connectivity index (χ0) is 18.8. The fourth-order valence-electron chi connectivity index (χ4n) is 3.05. The summed E-state index contributed by atoms with van der Waals surface area (Å²) in [6, 6.07) is 5.15. The lowest BCUT2D eigenvalue weighted by Gasteiger charge is -2.33. The van der Waals surface area contributed by atoms with Crippen LogP contribution in [0.2, 0.25) is 0 Å². The molecule has 0 aromatic heterocycles. The van der Waals surface area contributed by atoms with Crippen LogP contribution in [0.15, 0.2) is 53.2 Å². The maximum absolute atomic E-state index is 13.8. The number of hydrogen-bond donors (Lipinski definition) is 0. The fourth-order valence-corrected chi connectivity index (χ4v) is 4.19. The summed E-state index contributed by atoms with van der Waals surface area (Å²) in [4.78, 5) is 31.5. The van der Waals surface area contributed by atoms with Gasteiger partial charge < -0.3 is 4.74 Å². The Labute approximate surface area is 155 Å². The van der Waals surface area contributed by atoms with Crippen molar-refractivity contribution in [2.45, 2.75) is 31.6 Å². The Balaban J connectivity index is 2.12. The number of amides is 1. The number of fused-ring (bicyclic) bond motifs is 1. The van der Waals surface area contributed by atoms with E-state index in [-0.39, 0.29) is 23.3 Å². The predicted octanol–water partition coefficient (Wildman–Crippen LogP) is 3.59. The van der Waals surface area contributed by atoms with E-state index < -0.39 is 17.8 Å². The van der Waals surface area contributed by atoms with Gasteiger partial charge in [0.15, 0.2) is 5.17 Å². The highest BCUT2D eigenvalue weighted by atomic mass is 32.2. The van der Waals surface area contributed by atoms with Crippen LogP contribution in [0.3, 0.4) is 0 Å². The first-order valence-corrected chi connectivity index (χ1v) is 9.18. The molecule has 0 radical (unpaired) electrons. The highest BCUT2D eigenvalue weighted by molar-refractivity contribution is 8.15. The first-order chi connectivity index (χ1) is 12.5. The Hall–Kier alpha value is -2.41. The number of ether oxygens (including phenoxy) is 1. The molecule has 1 saturated heterocycles. The molecule has 1 amide bonds. The molecule has 3 rings (SSSR count). The van der Waals surface area contributed by atoms with Gasteiger partial charge >= 0.3 is 5.97 Å². The summed E-state index contributed by atoms with van der Waals surface area (Å²) >= 11 is 1.37. The van der Waals surface area contributed by atoms with Crippen molar-refractivity contribution < 1.29 is 18.7 Å². The number of carbonyl (C=O) groups is 2. The normalized spacial score (nSPS) is 22.2. The van der Waals surface area contributed by atoms with E-state index in [1.54, 1.807) is 19.1 Å². The van der Waals surface area contributed by atoms with Crippen LogP contribution in [0.25, 0.3) is 0 Å². The van der Waals surface area contributed by atoms with Crippen LogP contribution in [0.4, 0.5) is 4.39 Å². The molecule has 2 atom stereocenters. The Bertz CT molecular complexity index is 834. The smallest absolute Gasteiger partial charge is 0.338 e. The van der Waals surface area contributed by atoms with Gasteiger partial charge in [-0.1, -0.05) is 43.5 Å². The number of benzene rings is 1. The van der Waals surface area contributed by atoms with Crippen molar-refractivity contribution in [3.8, 4) is 0 Å². The topological polar surface area (TPSA) is 59.0 Å². The Morgan fingerprint density at radius 2 is 2.27 bits per heavy atom. The minimum absolute atomic E-state index is 0.0440. The van der Waals surface area contributed by atoms with Crippen molar-refractivity contribution in [3.05, 3.63) is 59.6 Å². The van der Waals surface area contributed by atoms with Crippen molar-refractivity contribution in [2.75, 3.05) is 6.61 Å². The second-order valence-electron chi connectivity index (χ2n) is 5.96. The van der Waals surface area contributed by atoms with E-state index in [9.17, 15) is 14.0 Å². The van der Waals surface area contributed by atoms with Gasteiger partial charge in [0.05, 0.1) is 22.6 Å². The number of thioether (sulfide) groups is 1. The molecule has 2 aliphatic rings. The predicted molar refractivity (Wildman–Crippen MR) is 98.9 cm³/mol. The molecule has 26 heavy (non-hydrogen) atoms. The quantitative estimate of drug-likeness (QED) is 0.584. The van der Waals surface area contributed by atoms with Crippen LogP contribution in [-0.4, -0.2) is 33.8 Å². The Morgan fingerprint density at radius 3 is 2.92 bits per heavy atom. The average Bonchev–Trinajstić information content (AvgIpc) is 2.93. The largest absolute Gasteiger partial charge is 0.458 e. The molecule has 0 bridgehead atoms. The fraction of sp³-hybridized carbons (Fsp3) is 0.316.